The number of methoxy groups -OCH3 is 1. The van der Waals surface area contributed by atoms with Gasteiger partial charge >= 0.3 is 0 Å². The summed E-state index contributed by atoms with van der Waals surface area (Å²) < 4.78 is 33.1. The molecule has 0 unspecified atom stereocenters. The first-order valence-corrected chi connectivity index (χ1v) is 10.1. The fourth-order valence-electron chi connectivity index (χ4n) is 2.82. The number of aryl methyl sites for hydroxylation is 3. The summed E-state index contributed by atoms with van der Waals surface area (Å²) in [5.74, 6) is 0.141. The van der Waals surface area contributed by atoms with Crippen LogP contribution >= 0.6 is 0 Å². The van der Waals surface area contributed by atoms with E-state index in [-0.39, 0.29) is 29.6 Å². The zero-order valence-electron chi connectivity index (χ0n) is 16.4. The monoisotopic (exact) mass is 390 g/mol. The van der Waals surface area contributed by atoms with Crippen LogP contribution in [0.1, 0.15) is 23.6 Å². The quantitative estimate of drug-likeness (QED) is 0.789. The van der Waals surface area contributed by atoms with E-state index in [1.54, 1.807) is 23.1 Å². The molecule has 0 radical (unpaired) electrons. The largest absolute Gasteiger partial charge is 0.495 e. The smallest absolute Gasteiger partial charge is 0.244 e. The minimum Gasteiger partial charge on any atom is -0.495 e. The first-order chi connectivity index (χ1) is 12.7. The maximum Gasteiger partial charge on any atom is 0.244 e. The SMILES string of the molecule is COc1ccc(C)cc1S(=O)(=O)NCCN(C(C)=O)c1cc(C)ccc1C. The molecular weight excluding hydrogens is 364 g/mol. The number of ether oxygens (including phenoxy) is 1. The van der Waals surface area contributed by atoms with Crippen molar-refractivity contribution in [3.05, 3.63) is 53.1 Å². The number of sulfonamides is 1. The fraction of sp³-hybridized carbons (Fsp3) is 0.350. The van der Waals surface area contributed by atoms with Crippen LogP contribution in [-0.2, 0) is 14.8 Å². The number of carbonyl (C=O) groups is 1. The van der Waals surface area contributed by atoms with E-state index in [4.69, 9.17) is 4.74 Å². The maximum atomic E-state index is 12.7. The molecule has 0 spiro atoms. The highest BCUT2D eigenvalue weighted by Crippen LogP contribution is 2.25. The second-order valence-electron chi connectivity index (χ2n) is 6.51. The Bertz CT molecular complexity index is 939. The van der Waals surface area contributed by atoms with Gasteiger partial charge in [0, 0.05) is 25.7 Å². The molecule has 0 atom stereocenters. The van der Waals surface area contributed by atoms with E-state index in [2.05, 4.69) is 4.72 Å². The standard InChI is InChI=1S/C20H26N2O4S/c1-14-6-8-16(3)18(12-14)22(17(4)23)11-10-21-27(24,25)20-13-15(2)7-9-19(20)26-5/h6-9,12-13,21H,10-11H2,1-5H3. The van der Waals surface area contributed by atoms with E-state index >= 15 is 0 Å². The molecular formula is C20H26N2O4S. The van der Waals surface area contributed by atoms with Gasteiger partial charge in [-0.2, -0.15) is 0 Å². The van der Waals surface area contributed by atoms with Crippen molar-refractivity contribution in [2.45, 2.75) is 32.6 Å². The maximum absolute atomic E-state index is 12.7. The molecule has 0 heterocycles. The third-order valence-corrected chi connectivity index (χ3v) is 5.75. The fourth-order valence-corrected chi connectivity index (χ4v) is 4.09. The molecule has 0 fully saturated rings. The number of hydrogen-bond acceptors (Lipinski definition) is 4. The van der Waals surface area contributed by atoms with E-state index in [0.717, 1.165) is 22.4 Å². The van der Waals surface area contributed by atoms with Gasteiger partial charge in [-0.05, 0) is 55.7 Å². The van der Waals surface area contributed by atoms with Crippen LogP contribution in [0.2, 0.25) is 0 Å². The average Bonchev–Trinajstić information content (AvgIpc) is 2.60. The number of amides is 1. The Hall–Kier alpha value is -2.38. The van der Waals surface area contributed by atoms with Crippen molar-refractivity contribution in [2.75, 3.05) is 25.1 Å². The summed E-state index contributed by atoms with van der Waals surface area (Å²) in [4.78, 5) is 13.8. The summed E-state index contributed by atoms with van der Waals surface area (Å²) in [7, 11) is -2.33. The van der Waals surface area contributed by atoms with Gasteiger partial charge < -0.3 is 9.64 Å². The van der Waals surface area contributed by atoms with Gasteiger partial charge in [0.2, 0.25) is 15.9 Å². The number of nitrogens with zero attached hydrogens (tertiary/aromatic N) is 1. The molecule has 2 aromatic rings. The summed E-state index contributed by atoms with van der Waals surface area (Å²) in [6.07, 6.45) is 0. The van der Waals surface area contributed by atoms with Crippen molar-refractivity contribution < 1.29 is 17.9 Å². The molecule has 1 amide bonds. The van der Waals surface area contributed by atoms with Gasteiger partial charge in [0.25, 0.3) is 0 Å². The van der Waals surface area contributed by atoms with Crippen LogP contribution in [-0.4, -0.2) is 34.5 Å². The van der Waals surface area contributed by atoms with Gasteiger partial charge in [0.15, 0.2) is 0 Å². The Labute approximate surface area is 161 Å². The van der Waals surface area contributed by atoms with Gasteiger partial charge in [-0.25, -0.2) is 13.1 Å². The highest BCUT2D eigenvalue weighted by Gasteiger charge is 2.21. The van der Waals surface area contributed by atoms with Gasteiger partial charge in [-0.1, -0.05) is 18.2 Å². The summed E-state index contributed by atoms with van der Waals surface area (Å²) in [6, 6.07) is 10.8. The molecule has 0 aliphatic heterocycles. The van der Waals surface area contributed by atoms with Crippen molar-refractivity contribution in [3.63, 3.8) is 0 Å². The molecule has 146 valence electrons. The van der Waals surface area contributed by atoms with Crippen LogP contribution in [0.3, 0.4) is 0 Å². The minimum absolute atomic E-state index is 0.0890. The first kappa shape index (κ1) is 20.9. The molecule has 0 bridgehead atoms. The van der Waals surface area contributed by atoms with Crippen molar-refractivity contribution in [3.8, 4) is 5.75 Å². The zero-order chi connectivity index (χ0) is 20.2. The second-order valence-corrected chi connectivity index (χ2v) is 8.25. The summed E-state index contributed by atoms with van der Waals surface area (Å²) in [5, 5.41) is 0. The number of benzene rings is 2. The van der Waals surface area contributed by atoms with E-state index < -0.39 is 10.0 Å². The Morgan fingerprint density at radius 3 is 2.33 bits per heavy atom. The van der Waals surface area contributed by atoms with Crippen LogP contribution in [0.4, 0.5) is 5.69 Å². The highest BCUT2D eigenvalue weighted by molar-refractivity contribution is 7.89. The molecule has 0 aromatic heterocycles. The lowest BCUT2D eigenvalue weighted by atomic mass is 10.1. The third kappa shape index (κ3) is 5.08. The van der Waals surface area contributed by atoms with E-state index in [0.29, 0.717) is 0 Å². The molecule has 6 nitrogen and oxygen atoms in total. The van der Waals surface area contributed by atoms with Crippen molar-refractivity contribution in [1.29, 1.82) is 0 Å². The van der Waals surface area contributed by atoms with Gasteiger partial charge in [-0.15, -0.1) is 0 Å². The minimum atomic E-state index is -3.76. The Morgan fingerprint density at radius 2 is 1.70 bits per heavy atom. The Balaban J connectivity index is 2.18. The van der Waals surface area contributed by atoms with E-state index in [9.17, 15) is 13.2 Å². The molecule has 0 aliphatic rings. The van der Waals surface area contributed by atoms with Crippen LogP contribution < -0.4 is 14.4 Å². The zero-order valence-corrected chi connectivity index (χ0v) is 17.2. The lowest BCUT2D eigenvalue weighted by Crippen LogP contribution is -2.38. The molecule has 0 aliphatic carbocycles. The van der Waals surface area contributed by atoms with Gasteiger partial charge in [-0.3, -0.25) is 4.79 Å². The Kier molecular flexibility index (Phi) is 6.62. The predicted octanol–water partition coefficient (Wildman–Crippen LogP) is 2.95. The summed E-state index contributed by atoms with van der Waals surface area (Å²) in [5.41, 5.74) is 3.60. The Morgan fingerprint density at radius 1 is 1.07 bits per heavy atom. The summed E-state index contributed by atoms with van der Waals surface area (Å²) >= 11 is 0. The third-order valence-electron chi connectivity index (χ3n) is 4.27. The van der Waals surface area contributed by atoms with Gasteiger partial charge in [0.05, 0.1) is 7.11 Å². The normalized spacial score (nSPS) is 11.3. The molecule has 2 rings (SSSR count). The predicted molar refractivity (Wildman–Crippen MR) is 107 cm³/mol. The van der Waals surface area contributed by atoms with Crippen LogP contribution in [0.25, 0.3) is 0 Å². The lowest BCUT2D eigenvalue weighted by molar-refractivity contribution is -0.116. The summed E-state index contributed by atoms with van der Waals surface area (Å²) in [6.45, 7) is 7.48. The van der Waals surface area contributed by atoms with Crippen molar-refractivity contribution >= 4 is 21.6 Å². The van der Waals surface area contributed by atoms with Crippen molar-refractivity contribution in [2.24, 2.45) is 0 Å². The van der Waals surface area contributed by atoms with Crippen LogP contribution in [0, 0.1) is 20.8 Å². The molecule has 0 saturated carbocycles. The number of carbonyl (C=O) groups excluding carboxylic acids is 1. The molecule has 0 saturated heterocycles. The number of anilines is 1. The average molecular weight is 391 g/mol. The van der Waals surface area contributed by atoms with Crippen molar-refractivity contribution in [1.82, 2.24) is 4.72 Å². The van der Waals surface area contributed by atoms with Crippen LogP contribution in [0.15, 0.2) is 41.3 Å². The molecule has 1 N–H and O–H groups in total. The first-order valence-electron chi connectivity index (χ1n) is 8.65. The molecule has 27 heavy (non-hydrogen) atoms. The topological polar surface area (TPSA) is 75.7 Å². The lowest BCUT2D eigenvalue weighted by Gasteiger charge is -2.24. The van der Waals surface area contributed by atoms with Gasteiger partial charge in [0.1, 0.15) is 10.6 Å². The molecule has 2 aromatic carbocycles. The van der Waals surface area contributed by atoms with E-state index in [1.807, 2.05) is 39.0 Å². The molecule has 7 heteroatoms. The highest BCUT2D eigenvalue weighted by atomic mass is 32.2. The number of rotatable bonds is 7. The van der Waals surface area contributed by atoms with E-state index in [1.165, 1.54) is 14.0 Å². The number of hydrogen-bond donors (Lipinski definition) is 1. The number of nitrogens with one attached hydrogen (secondary N) is 1. The van der Waals surface area contributed by atoms with Crippen LogP contribution in [0.5, 0.6) is 5.75 Å². The second kappa shape index (κ2) is 8.54.